The van der Waals surface area contributed by atoms with E-state index in [4.69, 9.17) is 5.73 Å². The van der Waals surface area contributed by atoms with Crippen molar-refractivity contribution in [2.45, 2.75) is 6.92 Å². The molecule has 0 radical (unpaired) electrons. The van der Waals surface area contributed by atoms with Gasteiger partial charge in [-0.1, -0.05) is 12.1 Å². The Morgan fingerprint density at radius 3 is 2.67 bits per heavy atom. The number of rotatable bonds is 1. The molecule has 0 saturated heterocycles. The van der Waals surface area contributed by atoms with Gasteiger partial charge in [-0.2, -0.15) is 0 Å². The van der Waals surface area contributed by atoms with Crippen LogP contribution in [0, 0.1) is 12.7 Å². The van der Waals surface area contributed by atoms with Crippen LogP contribution in [0.25, 0.3) is 22.2 Å². The first-order chi connectivity index (χ1) is 8.65. The quantitative estimate of drug-likeness (QED) is 0.623. The molecule has 90 valence electrons. The summed E-state index contributed by atoms with van der Waals surface area (Å²) in [5.74, 6) is -0.228. The summed E-state index contributed by atoms with van der Waals surface area (Å²) >= 11 is 0. The number of nitrogens with one attached hydrogen (secondary N) is 1. The van der Waals surface area contributed by atoms with Gasteiger partial charge in [-0.3, -0.25) is 0 Å². The first kappa shape index (κ1) is 10.8. The molecule has 0 atom stereocenters. The zero-order chi connectivity index (χ0) is 12.7. The Hall–Kier alpha value is -2.29. The number of hydrogen-bond acceptors (Lipinski definition) is 1. The maximum atomic E-state index is 13.7. The first-order valence-electron chi connectivity index (χ1n) is 5.79. The number of aromatic amines is 1. The Kier molecular flexibility index (Phi) is 2.33. The topological polar surface area (TPSA) is 41.8 Å². The minimum Gasteiger partial charge on any atom is -0.398 e. The summed E-state index contributed by atoms with van der Waals surface area (Å²) in [6.45, 7) is 1.96. The lowest BCUT2D eigenvalue weighted by Crippen LogP contribution is -1.88. The van der Waals surface area contributed by atoms with Crippen molar-refractivity contribution in [3.05, 3.63) is 53.8 Å². The van der Waals surface area contributed by atoms with Crippen molar-refractivity contribution in [3.8, 4) is 11.3 Å². The third kappa shape index (κ3) is 1.64. The molecule has 0 amide bonds. The van der Waals surface area contributed by atoms with Crippen LogP contribution < -0.4 is 5.73 Å². The van der Waals surface area contributed by atoms with E-state index in [2.05, 4.69) is 4.98 Å². The fourth-order valence-electron chi connectivity index (χ4n) is 2.14. The molecule has 3 rings (SSSR count). The van der Waals surface area contributed by atoms with Gasteiger partial charge in [0.1, 0.15) is 5.82 Å². The molecule has 0 bridgehead atoms. The standard InChI is InChI=1S/C15H13FN2/c1-9-6-10-7-15(18-14(10)8-13(9)17)11-4-2-3-5-12(11)16/h2-8,18H,17H2,1H3. The zero-order valence-electron chi connectivity index (χ0n) is 10.00. The molecule has 1 aromatic heterocycles. The van der Waals surface area contributed by atoms with Crippen LogP contribution >= 0.6 is 0 Å². The zero-order valence-corrected chi connectivity index (χ0v) is 10.00. The highest BCUT2D eigenvalue weighted by atomic mass is 19.1. The second-order valence-corrected chi connectivity index (χ2v) is 4.46. The molecule has 0 aliphatic heterocycles. The van der Waals surface area contributed by atoms with Gasteiger partial charge in [-0.05, 0) is 42.8 Å². The number of nitrogens with two attached hydrogens (primary N) is 1. The molecule has 0 aliphatic rings. The normalized spacial score (nSPS) is 11.0. The summed E-state index contributed by atoms with van der Waals surface area (Å²) in [6, 6.07) is 12.6. The minimum atomic E-state index is -0.228. The lowest BCUT2D eigenvalue weighted by Gasteiger charge is -1.99. The molecule has 18 heavy (non-hydrogen) atoms. The molecule has 0 saturated carbocycles. The van der Waals surface area contributed by atoms with E-state index in [1.165, 1.54) is 6.07 Å². The van der Waals surface area contributed by atoms with Crippen LogP contribution in [0.2, 0.25) is 0 Å². The van der Waals surface area contributed by atoms with E-state index < -0.39 is 0 Å². The fourth-order valence-corrected chi connectivity index (χ4v) is 2.14. The van der Waals surface area contributed by atoms with E-state index in [9.17, 15) is 4.39 Å². The number of hydrogen-bond donors (Lipinski definition) is 2. The van der Waals surface area contributed by atoms with Crippen LogP contribution in [0.3, 0.4) is 0 Å². The number of aromatic nitrogens is 1. The number of nitrogen functional groups attached to an aromatic ring is 1. The second kappa shape index (κ2) is 3.88. The molecule has 3 N–H and O–H groups in total. The van der Waals surface area contributed by atoms with Crippen molar-refractivity contribution in [1.29, 1.82) is 0 Å². The molecule has 1 heterocycles. The monoisotopic (exact) mass is 240 g/mol. The molecule has 2 aromatic carbocycles. The summed E-state index contributed by atoms with van der Waals surface area (Å²) in [6.07, 6.45) is 0. The Morgan fingerprint density at radius 2 is 1.89 bits per heavy atom. The predicted octanol–water partition coefficient (Wildman–Crippen LogP) is 3.86. The summed E-state index contributed by atoms with van der Waals surface area (Å²) in [5, 5.41) is 1.04. The van der Waals surface area contributed by atoms with E-state index >= 15 is 0 Å². The summed E-state index contributed by atoms with van der Waals surface area (Å²) in [5.41, 5.74) is 9.91. The lowest BCUT2D eigenvalue weighted by molar-refractivity contribution is 0.631. The number of aryl methyl sites for hydroxylation is 1. The van der Waals surface area contributed by atoms with Crippen molar-refractivity contribution in [1.82, 2.24) is 4.98 Å². The number of fused-ring (bicyclic) bond motifs is 1. The Bertz CT molecular complexity index is 689. The van der Waals surface area contributed by atoms with E-state index in [0.717, 1.165) is 27.8 Å². The number of anilines is 1. The van der Waals surface area contributed by atoms with E-state index in [1.54, 1.807) is 12.1 Å². The number of H-pyrrole nitrogens is 1. The number of benzene rings is 2. The minimum absolute atomic E-state index is 0.228. The van der Waals surface area contributed by atoms with Crippen LogP contribution in [0.15, 0.2) is 42.5 Å². The van der Waals surface area contributed by atoms with Gasteiger partial charge in [0.15, 0.2) is 0 Å². The molecule has 0 spiro atoms. The fraction of sp³-hybridized carbons (Fsp3) is 0.0667. The van der Waals surface area contributed by atoms with Gasteiger partial charge in [-0.25, -0.2) is 4.39 Å². The largest absolute Gasteiger partial charge is 0.398 e. The number of halogens is 1. The molecular weight excluding hydrogens is 227 g/mol. The smallest absolute Gasteiger partial charge is 0.132 e. The van der Waals surface area contributed by atoms with E-state index in [0.29, 0.717) is 5.56 Å². The van der Waals surface area contributed by atoms with E-state index in [-0.39, 0.29) is 5.82 Å². The van der Waals surface area contributed by atoms with Gasteiger partial charge in [0, 0.05) is 27.8 Å². The van der Waals surface area contributed by atoms with Crippen LogP contribution in [-0.2, 0) is 0 Å². The van der Waals surface area contributed by atoms with Gasteiger partial charge in [-0.15, -0.1) is 0 Å². The third-order valence-corrected chi connectivity index (χ3v) is 3.17. The van der Waals surface area contributed by atoms with Crippen molar-refractivity contribution in [2.24, 2.45) is 0 Å². The second-order valence-electron chi connectivity index (χ2n) is 4.46. The van der Waals surface area contributed by atoms with Crippen molar-refractivity contribution >= 4 is 16.6 Å². The maximum absolute atomic E-state index is 13.7. The third-order valence-electron chi connectivity index (χ3n) is 3.17. The molecular formula is C15H13FN2. The predicted molar refractivity (Wildman–Crippen MR) is 72.8 cm³/mol. The van der Waals surface area contributed by atoms with Crippen molar-refractivity contribution in [3.63, 3.8) is 0 Å². The SMILES string of the molecule is Cc1cc2cc(-c3ccccc3F)[nH]c2cc1N. The molecule has 0 unspecified atom stereocenters. The lowest BCUT2D eigenvalue weighted by atomic mass is 10.1. The molecule has 2 nitrogen and oxygen atoms in total. The summed E-state index contributed by atoms with van der Waals surface area (Å²) in [7, 11) is 0. The molecule has 3 heteroatoms. The Balaban J connectivity index is 2.23. The van der Waals surface area contributed by atoms with Gasteiger partial charge < -0.3 is 10.7 Å². The molecule has 0 aliphatic carbocycles. The average molecular weight is 240 g/mol. The summed E-state index contributed by atoms with van der Waals surface area (Å²) < 4.78 is 13.7. The highest BCUT2D eigenvalue weighted by Crippen LogP contribution is 2.28. The Morgan fingerprint density at radius 1 is 1.11 bits per heavy atom. The first-order valence-corrected chi connectivity index (χ1v) is 5.79. The van der Waals surface area contributed by atoms with Gasteiger partial charge in [0.05, 0.1) is 0 Å². The van der Waals surface area contributed by atoms with Gasteiger partial charge in [0.2, 0.25) is 0 Å². The van der Waals surface area contributed by atoms with Crippen LogP contribution in [0.4, 0.5) is 10.1 Å². The van der Waals surface area contributed by atoms with Gasteiger partial charge >= 0.3 is 0 Å². The van der Waals surface area contributed by atoms with Crippen molar-refractivity contribution < 1.29 is 4.39 Å². The molecule has 0 fully saturated rings. The highest BCUT2D eigenvalue weighted by molar-refractivity contribution is 5.89. The summed E-state index contributed by atoms with van der Waals surface area (Å²) in [4.78, 5) is 3.20. The highest BCUT2D eigenvalue weighted by Gasteiger charge is 2.08. The van der Waals surface area contributed by atoms with E-state index in [1.807, 2.05) is 31.2 Å². The van der Waals surface area contributed by atoms with Crippen LogP contribution in [0.1, 0.15) is 5.56 Å². The van der Waals surface area contributed by atoms with Crippen LogP contribution in [0.5, 0.6) is 0 Å². The van der Waals surface area contributed by atoms with Crippen LogP contribution in [-0.4, -0.2) is 4.98 Å². The Labute approximate surface area is 104 Å². The maximum Gasteiger partial charge on any atom is 0.132 e. The average Bonchev–Trinajstić information content (AvgIpc) is 2.73. The molecule has 3 aromatic rings. The van der Waals surface area contributed by atoms with Gasteiger partial charge in [0.25, 0.3) is 0 Å². The van der Waals surface area contributed by atoms with Crippen molar-refractivity contribution in [2.75, 3.05) is 5.73 Å².